The smallest absolute Gasteiger partial charge is 0.273 e. The maximum atomic E-state index is 11.7. The van der Waals surface area contributed by atoms with Gasteiger partial charge in [0, 0.05) is 19.8 Å². The Hall–Kier alpha value is -1.40. The minimum absolute atomic E-state index is 0.246. The van der Waals surface area contributed by atoms with Gasteiger partial charge < -0.3 is 20.2 Å². The van der Waals surface area contributed by atoms with Crippen LogP contribution in [0.4, 0.5) is 0 Å². The molecular weight excluding hydrogens is 234 g/mol. The number of ether oxygens (including phenoxy) is 1. The highest BCUT2D eigenvalue weighted by atomic mass is 16.5. The Kier molecular flexibility index (Phi) is 6.38. The molecule has 0 fully saturated rings. The molecule has 1 atom stereocenters. The Morgan fingerprint density at radius 2 is 2.39 bits per heavy atom. The minimum Gasteiger partial charge on any atom is -0.446 e. The number of oxazole rings is 1. The van der Waals surface area contributed by atoms with Crippen LogP contribution in [0.15, 0.2) is 10.7 Å². The van der Waals surface area contributed by atoms with E-state index in [0.29, 0.717) is 25.6 Å². The van der Waals surface area contributed by atoms with Gasteiger partial charge in [-0.2, -0.15) is 0 Å². The predicted molar refractivity (Wildman–Crippen MR) is 67.2 cm³/mol. The van der Waals surface area contributed by atoms with E-state index in [2.05, 4.69) is 10.3 Å². The number of nitrogens with one attached hydrogen (secondary N) is 1. The lowest BCUT2D eigenvalue weighted by molar-refractivity contribution is 0.0939. The molecule has 1 aromatic heterocycles. The van der Waals surface area contributed by atoms with Crippen molar-refractivity contribution >= 4 is 5.91 Å². The van der Waals surface area contributed by atoms with E-state index in [0.717, 1.165) is 12.8 Å². The van der Waals surface area contributed by atoms with Crippen LogP contribution >= 0.6 is 0 Å². The fourth-order valence-corrected chi connectivity index (χ4v) is 1.35. The van der Waals surface area contributed by atoms with E-state index in [1.54, 1.807) is 0 Å². The predicted octanol–water partition coefficient (Wildman–Crippen LogP) is 1.24. The molecule has 6 heteroatoms. The monoisotopic (exact) mass is 255 g/mol. The third kappa shape index (κ3) is 4.46. The van der Waals surface area contributed by atoms with Crippen LogP contribution in [-0.4, -0.2) is 30.6 Å². The first kappa shape index (κ1) is 14.7. The molecule has 0 aliphatic carbocycles. The Morgan fingerprint density at radius 3 is 3.06 bits per heavy atom. The molecule has 3 N–H and O–H groups in total. The molecule has 0 aliphatic heterocycles. The third-order valence-corrected chi connectivity index (χ3v) is 2.47. The number of nitrogens with zero attached hydrogens (tertiary/aromatic N) is 1. The SMILES string of the molecule is CCOCCCNC(=O)c1coc(C(N)CC)n1. The Labute approximate surface area is 107 Å². The van der Waals surface area contributed by atoms with Crippen LogP contribution in [0.5, 0.6) is 0 Å². The summed E-state index contributed by atoms with van der Waals surface area (Å²) in [6, 6.07) is -0.260. The van der Waals surface area contributed by atoms with Crippen molar-refractivity contribution in [1.29, 1.82) is 0 Å². The van der Waals surface area contributed by atoms with Crippen LogP contribution in [0.3, 0.4) is 0 Å². The van der Waals surface area contributed by atoms with Crippen LogP contribution in [-0.2, 0) is 4.74 Å². The van der Waals surface area contributed by atoms with E-state index in [-0.39, 0.29) is 17.6 Å². The summed E-state index contributed by atoms with van der Waals surface area (Å²) in [6.45, 7) is 5.76. The second-order valence-corrected chi connectivity index (χ2v) is 3.89. The van der Waals surface area contributed by atoms with E-state index in [4.69, 9.17) is 14.9 Å². The first-order valence-electron chi connectivity index (χ1n) is 6.26. The van der Waals surface area contributed by atoms with Crippen LogP contribution in [0, 0.1) is 0 Å². The normalized spacial score (nSPS) is 12.4. The lowest BCUT2D eigenvalue weighted by atomic mass is 10.2. The molecule has 1 rings (SSSR count). The van der Waals surface area contributed by atoms with E-state index in [1.807, 2.05) is 13.8 Å². The van der Waals surface area contributed by atoms with Gasteiger partial charge in [-0.15, -0.1) is 0 Å². The zero-order valence-corrected chi connectivity index (χ0v) is 10.9. The van der Waals surface area contributed by atoms with Crippen molar-refractivity contribution in [3.8, 4) is 0 Å². The summed E-state index contributed by atoms with van der Waals surface area (Å²) in [4.78, 5) is 15.7. The Bertz CT molecular complexity index is 365. The quantitative estimate of drug-likeness (QED) is 0.682. The molecule has 1 aromatic rings. The first-order valence-corrected chi connectivity index (χ1v) is 6.26. The van der Waals surface area contributed by atoms with E-state index in [9.17, 15) is 4.79 Å². The highest BCUT2D eigenvalue weighted by molar-refractivity contribution is 5.91. The van der Waals surface area contributed by atoms with Crippen molar-refractivity contribution in [2.45, 2.75) is 32.7 Å². The number of aromatic nitrogens is 1. The van der Waals surface area contributed by atoms with Gasteiger partial charge in [0.2, 0.25) is 5.89 Å². The third-order valence-electron chi connectivity index (χ3n) is 2.47. The van der Waals surface area contributed by atoms with Crippen molar-refractivity contribution in [2.75, 3.05) is 19.8 Å². The Morgan fingerprint density at radius 1 is 1.61 bits per heavy atom. The van der Waals surface area contributed by atoms with Gasteiger partial charge in [-0.25, -0.2) is 4.98 Å². The molecule has 1 unspecified atom stereocenters. The van der Waals surface area contributed by atoms with Crippen LogP contribution in [0.1, 0.15) is 49.1 Å². The van der Waals surface area contributed by atoms with Gasteiger partial charge in [-0.05, 0) is 19.8 Å². The van der Waals surface area contributed by atoms with Gasteiger partial charge in [0.1, 0.15) is 6.26 Å². The number of hydrogen-bond donors (Lipinski definition) is 2. The summed E-state index contributed by atoms with van der Waals surface area (Å²) in [7, 11) is 0. The van der Waals surface area contributed by atoms with Crippen molar-refractivity contribution < 1.29 is 13.9 Å². The van der Waals surface area contributed by atoms with Gasteiger partial charge in [0.15, 0.2) is 5.69 Å². The molecule has 6 nitrogen and oxygen atoms in total. The number of hydrogen-bond acceptors (Lipinski definition) is 5. The van der Waals surface area contributed by atoms with Crippen molar-refractivity contribution in [3.63, 3.8) is 0 Å². The number of rotatable bonds is 8. The molecule has 0 spiro atoms. The molecule has 0 bridgehead atoms. The second-order valence-electron chi connectivity index (χ2n) is 3.89. The maximum absolute atomic E-state index is 11.7. The molecule has 0 saturated heterocycles. The molecule has 1 heterocycles. The van der Waals surface area contributed by atoms with Gasteiger partial charge in [0.25, 0.3) is 5.91 Å². The summed E-state index contributed by atoms with van der Waals surface area (Å²) in [5.41, 5.74) is 6.03. The summed E-state index contributed by atoms with van der Waals surface area (Å²) in [6.07, 6.45) is 2.83. The average molecular weight is 255 g/mol. The number of nitrogens with two attached hydrogens (primary N) is 1. The van der Waals surface area contributed by atoms with E-state index < -0.39 is 0 Å². The summed E-state index contributed by atoms with van der Waals surface area (Å²) in [5.74, 6) is 0.154. The fraction of sp³-hybridized carbons (Fsp3) is 0.667. The standard InChI is InChI=1S/C12H21N3O3/c1-3-9(13)12-15-10(8-18-12)11(16)14-6-5-7-17-4-2/h8-9H,3-7,13H2,1-2H3,(H,14,16). The van der Waals surface area contributed by atoms with Gasteiger partial charge >= 0.3 is 0 Å². The molecular formula is C12H21N3O3. The first-order chi connectivity index (χ1) is 8.69. The van der Waals surface area contributed by atoms with Crippen LogP contribution in [0.2, 0.25) is 0 Å². The van der Waals surface area contributed by atoms with Crippen LogP contribution in [0.25, 0.3) is 0 Å². The molecule has 0 aromatic carbocycles. The average Bonchev–Trinajstić information content (AvgIpc) is 2.87. The number of amides is 1. The fourth-order valence-electron chi connectivity index (χ4n) is 1.35. The maximum Gasteiger partial charge on any atom is 0.273 e. The molecule has 0 aliphatic rings. The zero-order valence-electron chi connectivity index (χ0n) is 10.9. The largest absolute Gasteiger partial charge is 0.446 e. The summed E-state index contributed by atoms with van der Waals surface area (Å²) in [5, 5.41) is 2.75. The molecule has 18 heavy (non-hydrogen) atoms. The van der Waals surface area contributed by atoms with Crippen molar-refractivity contribution in [1.82, 2.24) is 10.3 Å². The van der Waals surface area contributed by atoms with Crippen molar-refractivity contribution in [3.05, 3.63) is 17.8 Å². The summed E-state index contributed by atoms with van der Waals surface area (Å²) < 4.78 is 10.3. The molecule has 1 amide bonds. The molecule has 0 radical (unpaired) electrons. The van der Waals surface area contributed by atoms with Crippen LogP contribution < -0.4 is 11.1 Å². The topological polar surface area (TPSA) is 90.4 Å². The number of carbonyl (C=O) groups excluding carboxylic acids is 1. The lowest BCUT2D eigenvalue weighted by Gasteiger charge is -2.03. The highest BCUT2D eigenvalue weighted by Gasteiger charge is 2.15. The van der Waals surface area contributed by atoms with Gasteiger partial charge in [-0.1, -0.05) is 6.92 Å². The molecule has 0 saturated carbocycles. The number of carbonyl (C=O) groups is 1. The van der Waals surface area contributed by atoms with Gasteiger partial charge in [0.05, 0.1) is 6.04 Å². The molecule has 102 valence electrons. The second kappa shape index (κ2) is 7.84. The zero-order chi connectivity index (χ0) is 13.4. The van der Waals surface area contributed by atoms with E-state index >= 15 is 0 Å². The minimum atomic E-state index is -0.260. The Balaban J connectivity index is 2.35. The lowest BCUT2D eigenvalue weighted by Crippen LogP contribution is -2.25. The summed E-state index contributed by atoms with van der Waals surface area (Å²) >= 11 is 0. The highest BCUT2D eigenvalue weighted by Crippen LogP contribution is 2.12. The van der Waals surface area contributed by atoms with Crippen molar-refractivity contribution in [2.24, 2.45) is 5.73 Å². The van der Waals surface area contributed by atoms with Gasteiger partial charge in [-0.3, -0.25) is 4.79 Å². The van der Waals surface area contributed by atoms with E-state index in [1.165, 1.54) is 6.26 Å².